The molecule has 66 heavy (non-hydrogen) atoms. The number of anilines is 2. The first-order chi connectivity index (χ1) is 31.6. The van der Waals surface area contributed by atoms with Crippen LogP contribution in [0.3, 0.4) is 0 Å². The van der Waals surface area contributed by atoms with Crippen molar-refractivity contribution >= 4 is 48.0 Å². The predicted octanol–water partition coefficient (Wildman–Crippen LogP) is 8.78. The molecule has 3 amide bonds. The van der Waals surface area contributed by atoms with E-state index in [0.29, 0.717) is 108 Å². The molecule has 3 aliphatic rings. The van der Waals surface area contributed by atoms with Gasteiger partial charge in [-0.25, -0.2) is 13.8 Å². The van der Waals surface area contributed by atoms with Crippen molar-refractivity contribution in [1.29, 1.82) is 0 Å². The first kappa shape index (κ1) is 45.7. The van der Waals surface area contributed by atoms with Gasteiger partial charge in [0.15, 0.2) is 5.70 Å². The molecule has 0 saturated heterocycles. The number of ether oxygens (including phenoxy) is 1. The standard InChI is InChI=1S/C49H53BF4N8O4/c1-31-40(32(2)61-42(31)29-38-20-24-41(62(38)50(61,53)54)33-12-21-39(66-5)22-13-33)23-25-44(64)55-26-8-6-7-9-43(63)56-30-45(65)60-28-27-59-47(57-37-18-16-36(52)17-19-37)46(58-48(59)49(60,3)4)34-10-14-35(51)15-11-34/h10-22,24,29,57H,6-9,23,25-28,30H2,1-5H3,(H,55,64)(H,56,63). The van der Waals surface area contributed by atoms with Gasteiger partial charge >= 0.3 is 6.97 Å². The lowest BCUT2D eigenvalue weighted by atomic mass is 9.89. The third-order valence-corrected chi connectivity index (χ3v) is 12.8. The lowest BCUT2D eigenvalue weighted by Gasteiger charge is -2.42. The van der Waals surface area contributed by atoms with Crippen LogP contribution >= 0.6 is 0 Å². The highest BCUT2D eigenvalue weighted by Gasteiger charge is 2.54. The molecule has 3 N–H and O–H groups in total. The lowest BCUT2D eigenvalue weighted by Crippen LogP contribution is -2.54. The summed E-state index contributed by atoms with van der Waals surface area (Å²) in [7, 11) is 1.56. The van der Waals surface area contributed by atoms with Gasteiger partial charge in [-0.3, -0.25) is 14.4 Å². The molecule has 344 valence electrons. The van der Waals surface area contributed by atoms with E-state index in [9.17, 15) is 23.2 Å². The van der Waals surface area contributed by atoms with Crippen molar-refractivity contribution in [3.8, 4) is 28.3 Å². The molecule has 5 aromatic rings. The molecule has 0 unspecified atom stereocenters. The Bertz CT molecular complexity index is 2780. The summed E-state index contributed by atoms with van der Waals surface area (Å²) in [4.78, 5) is 46.0. The van der Waals surface area contributed by atoms with Gasteiger partial charge in [-0.1, -0.05) is 6.42 Å². The molecule has 8 rings (SSSR count). The van der Waals surface area contributed by atoms with Crippen molar-refractivity contribution in [2.75, 3.05) is 32.1 Å². The number of allylic oxidation sites excluding steroid dienone is 2. The maximum atomic E-state index is 16.4. The van der Waals surface area contributed by atoms with Crippen LogP contribution < -0.4 is 20.7 Å². The van der Waals surface area contributed by atoms with E-state index in [-0.39, 0.29) is 48.7 Å². The van der Waals surface area contributed by atoms with Crippen LogP contribution in [0, 0.1) is 11.6 Å². The monoisotopic (exact) mass is 904 g/mol. The van der Waals surface area contributed by atoms with Gasteiger partial charge in [-0.2, -0.15) is 0 Å². The van der Waals surface area contributed by atoms with E-state index in [1.165, 1.54) is 24.3 Å². The van der Waals surface area contributed by atoms with E-state index in [4.69, 9.17) is 9.72 Å². The molecule has 0 bridgehead atoms. The molecule has 0 aliphatic carbocycles. The predicted molar refractivity (Wildman–Crippen MR) is 247 cm³/mol. The number of unbranched alkanes of at least 4 members (excludes halogenated alkanes) is 2. The second kappa shape index (κ2) is 18.5. The molecule has 5 heterocycles. The molecule has 2 aromatic heterocycles. The zero-order valence-corrected chi connectivity index (χ0v) is 37.7. The highest BCUT2D eigenvalue weighted by molar-refractivity contribution is 6.58. The SMILES string of the molecule is COc1ccc(-c2ccc3n2[B-](F)(F)[N+]2=C(C)C(CCC(=O)NCCCCCC(=O)NCC(=O)N4CCn5c(nc(-c6ccc(F)cc6)c5Nc5ccc(F)cc5)C4(C)C)=C(C)C2=C3)cc1. The molecule has 0 fully saturated rings. The van der Waals surface area contributed by atoms with E-state index in [0.717, 1.165) is 20.1 Å². The topological polar surface area (TPSA) is 126 Å². The fourth-order valence-corrected chi connectivity index (χ4v) is 9.34. The van der Waals surface area contributed by atoms with Crippen LogP contribution in [0.2, 0.25) is 0 Å². The van der Waals surface area contributed by atoms with Gasteiger partial charge in [-0.05, 0) is 131 Å². The second-order valence-electron chi connectivity index (χ2n) is 17.4. The number of amides is 3. The summed E-state index contributed by atoms with van der Waals surface area (Å²) < 4.78 is 69.9. The maximum Gasteiger partial charge on any atom is 0.737 e. The number of fused-ring (bicyclic) bond motifs is 3. The van der Waals surface area contributed by atoms with Crippen molar-refractivity contribution in [2.24, 2.45) is 0 Å². The molecule has 0 saturated carbocycles. The Kier molecular flexibility index (Phi) is 12.8. The van der Waals surface area contributed by atoms with Crippen LogP contribution in [0.1, 0.15) is 77.7 Å². The molecule has 0 spiro atoms. The van der Waals surface area contributed by atoms with Gasteiger partial charge in [0.1, 0.15) is 40.4 Å². The second-order valence-corrected chi connectivity index (χ2v) is 17.4. The number of nitrogens with one attached hydrogen (secondary N) is 3. The highest BCUT2D eigenvalue weighted by Crippen LogP contribution is 2.42. The summed E-state index contributed by atoms with van der Waals surface area (Å²) in [5, 5.41) is 9.03. The number of rotatable bonds is 16. The summed E-state index contributed by atoms with van der Waals surface area (Å²) >= 11 is 0. The molecule has 17 heteroatoms. The number of hydrogen-bond acceptors (Lipinski definition) is 6. The molecular weight excluding hydrogens is 851 g/mol. The number of carbonyl (C=O) groups excluding carboxylic acids is 3. The number of carbonyl (C=O) groups is 3. The summed E-state index contributed by atoms with van der Waals surface area (Å²) in [5.41, 5.74) is 4.78. The zero-order chi connectivity index (χ0) is 46.9. The third kappa shape index (κ3) is 8.90. The number of hydrogen-bond donors (Lipinski definition) is 3. The van der Waals surface area contributed by atoms with Crippen LogP contribution in [0.25, 0.3) is 28.6 Å². The summed E-state index contributed by atoms with van der Waals surface area (Å²) in [6.07, 6.45) is 4.31. The average Bonchev–Trinajstić information content (AvgIpc) is 3.97. The molecule has 12 nitrogen and oxygen atoms in total. The smallest absolute Gasteiger partial charge is 0.497 e. The minimum Gasteiger partial charge on any atom is -0.497 e. The molecule has 0 radical (unpaired) electrons. The van der Waals surface area contributed by atoms with Crippen LogP contribution in [0.4, 0.5) is 28.9 Å². The van der Waals surface area contributed by atoms with E-state index < -0.39 is 12.5 Å². The highest BCUT2D eigenvalue weighted by atomic mass is 19.2. The Balaban J connectivity index is 0.786. The molecular formula is C49H53BF4N8O4. The lowest BCUT2D eigenvalue weighted by molar-refractivity contribution is -0.362. The Hall–Kier alpha value is -6.91. The quantitative estimate of drug-likeness (QED) is 0.0517. The van der Waals surface area contributed by atoms with Crippen molar-refractivity contribution in [1.82, 2.24) is 29.6 Å². The van der Waals surface area contributed by atoms with Crippen molar-refractivity contribution < 1.29 is 41.0 Å². The Morgan fingerprint density at radius 1 is 0.818 bits per heavy atom. The first-order valence-electron chi connectivity index (χ1n) is 22.2. The normalized spacial score (nSPS) is 15.8. The number of imidazole rings is 1. The largest absolute Gasteiger partial charge is 0.737 e. The van der Waals surface area contributed by atoms with Gasteiger partial charge in [0.25, 0.3) is 0 Å². The molecule has 3 aromatic carbocycles. The Labute approximate surface area is 381 Å². The summed E-state index contributed by atoms with van der Waals surface area (Å²) in [6, 6.07) is 22.3. The van der Waals surface area contributed by atoms with Crippen LogP contribution in [0.15, 0.2) is 102 Å². The molecule has 0 atom stereocenters. The van der Waals surface area contributed by atoms with E-state index >= 15 is 8.63 Å². The zero-order valence-electron chi connectivity index (χ0n) is 37.7. The average molecular weight is 905 g/mol. The van der Waals surface area contributed by atoms with Crippen molar-refractivity contribution in [2.45, 2.75) is 78.3 Å². The van der Waals surface area contributed by atoms with Gasteiger partial charge in [0, 0.05) is 79.3 Å². The van der Waals surface area contributed by atoms with Crippen LogP contribution in [0.5, 0.6) is 5.75 Å². The van der Waals surface area contributed by atoms with Crippen LogP contribution in [-0.2, 0) is 26.5 Å². The van der Waals surface area contributed by atoms with Gasteiger partial charge < -0.3 is 47.8 Å². The third-order valence-electron chi connectivity index (χ3n) is 12.8. The fourth-order valence-electron chi connectivity index (χ4n) is 9.34. The van der Waals surface area contributed by atoms with E-state index in [1.54, 1.807) is 85.7 Å². The number of aromatic nitrogens is 3. The summed E-state index contributed by atoms with van der Waals surface area (Å²) in [5.74, 6) is 0.389. The van der Waals surface area contributed by atoms with Crippen molar-refractivity contribution in [3.05, 3.63) is 125 Å². The van der Waals surface area contributed by atoms with Crippen molar-refractivity contribution in [3.63, 3.8) is 0 Å². The number of halogens is 4. The first-order valence-corrected chi connectivity index (χ1v) is 22.2. The minimum absolute atomic E-state index is 0.142. The maximum absolute atomic E-state index is 16.4. The Morgan fingerprint density at radius 2 is 1.48 bits per heavy atom. The van der Waals surface area contributed by atoms with Gasteiger partial charge in [0.05, 0.1) is 19.2 Å². The van der Waals surface area contributed by atoms with Crippen LogP contribution in [-0.4, -0.2) is 80.6 Å². The van der Waals surface area contributed by atoms with Gasteiger partial charge in [-0.15, -0.1) is 0 Å². The fraction of sp³-hybridized carbons (Fsp3) is 0.327. The molecule has 3 aliphatic heterocycles. The number of nitrogens with zero attached hydrogens (tertiary/aromatic N) is 5. The number of benzene rings is 3. The van der Waals surface area contributed by atoms with E-state index in [1.807, 2.05) is 25.3 Å². The van der Waals surface area contributed by atoms with E-state index in [2.05, 4.69) is 16.0 Å². The number of methoxy groups -OCH3 is 1. The minimum atomic E-state index is -4.22. The Morgan fingerprint density at radius 3 is 2.18 bits per heavy atom. The van der Waals surface area contributed by atoms with Gasteiger partial charge in [0.2, 0.25) is 17.7 Å². The summed E-state index contributed by atoms with van der Waals surface area (Å²) in [6.45, 7) is 4.00.